The average Bonchev–Trinajstić information content (AvgIpc) is 2.59. The summed E-state index contributed by atoms with van der Waals surface area (Å²) in [5.74, 6) is 1.42. The summed E-state index contributed by atoms with van der Waals surface area (Å²) in [7, 11) is 0. The Labute approximate surface area is 179 Å². The fraction of sp³-hybridized carbons (Fsp3) is 0.857. The van der Waals surface area contributed by atoms with Crippen molar-refractivity contribution in [2.75, 3.05) is 29.6 Å². The summed E-state index contributed by atoms with van der Waals surface area (Å²) < 4.78 is 0. The molecule has 0 aromatic rings. The van der Waals surface area contributed by atoms with Gasteiger partial charge in [0.1, 0.15) is 0 Å². The summed E-state index contributed by atoms with van der Waals surface area (Å²) in [4.78, 5) is 22.0. The summed E-state index contributed by atoms with van der Waals surface area (Å²) in [6, 6.07) is -0.405. The molecule has 25 heavy (non-hydrogen) atoms. The Balaban J connectivity index is -0.000000377. The molecule has 11 heteroatoms. The molecule has 0 aromatic heterocycles. The highest BCUT2D eigenvalue weighted by molar-refractivity contribution is 7.80. The van der Waals surface area contributed by atoms with Crippen LogP contribution in [0.3, 0.4) is 0 Å². The number of hydrogen-bond acceptors (Lipinski definition) is 9. The van der Waals surface area contributed by atoms with Crippen molar-refractivity contribution in [3.63, 3.8) is 0 Å². The van der Waals surface area contributed by atoms with E-state index in [4.69, 9.17) is 22.9 Å². The number of ketones is 1. The van der Waals surface area contributed by atoms with Gasteiger partial charge in [-0.05, 0) is 31.1 Å². The number of carbonyl (C=O) groups is 2. The number of rotatable bonds is 12. The van der Waals surface area contributed by atoms with Gasteiger partial charge in [-0.25, -0.2) is 0 Å². The van der Waals surface area contributed by atoms with E-state index in [1.54, 1.807) is 0 Å². The molecule has 0 bridgehead atoms. The van der Waals surface area contributed by atoms with Crippen molar-refractivity contribution in [2.24, 2.45) is 34.8 Å². The molecule has 6 nitrogen and oxygen atoms in total. The van der Waals surface area contributed by atoms with Crippen molar-refractivity contribution in [1.29, 1.82) is 0 Å². The molecule has 0 spiro atoms. The second-order valence-corrected chi connectivity index (χ2v) is 7.01. The van der Waals surface area contributed by atoms with Crippen molar-refractivity contribution in [2.45, 2.75) is 31.3 Å². The van der Waals surface area contributed by atoms with Gasteiger partial charge in [-0.15, -0.1) is 12.4 Å². The molecule has 0 aliphatic rings. The highest BCUT2D eigenvalue weighted by Crippen LogP contribution is 2.08. The molecule has 0 aliphatic carbocycles. The summed E-state index contributed by atoms with van der Waals surface area (Å²) in [6.07, 6.45) is 2.13. The second kappa shape index (κ2) is 19.5. The molecular weight excluding hydrogens is 420 g/mol. The third-order valence-electron chi connectivity index (χ3n) is 3.45. The van der Waals surface area contributed by atoms with Gasteiger partial charge in [0, 0.05) is 29.7 Å². The molecule has 0 saturated heterocycles. The van der Waals surface area contributed by atoms with Crippen LogP contribution in [0, 0.1) is 11.8 Å². The van der Waals surface area contributed by atoms with Crippen LogP contribution in [0.2, 0.25) is 0 Å². The molecule has 4 atom stereocenters. The zero-order valence-corrected chi connectivity index (χ0v) is 18.7. The van der Waals surface area contributed by atoms with Crippen LogP contribution in [0.25, 0.3) is 0 Å². The number of carbonyl (C=O) groups excluding carboxylic acids is 2. The van der Waals surface area contributed by atoms with Gasteiger partial charge in [-0.3, -0.25) is 9.59 Å². The summed E-state index contributed by atoms with van der Waals surface area (Å²) in [6.45, 7) is 0.711. The normalized spacial score (nSPS) is 15.0. The lowest BCUT2D eigenvalue weighted by Gasteiger charge is -2.13. The predicted octanol–water partition coefficient (Wildman–Crippen LogP) is 0.184. The van der Waals surface area contributed by atoms with Gasteiger partial charge in [0.05, 0.1) is 12.0 Å². The van der Waals surface area contributed by atoms with E-state index in [9.17, 15) is 9.59 Å². The van der Waals surface area contributed by atoms with E-state index in [-0.39, 0.29) is 42.2 Å². The maximum absolute atomic E-state index is 11.2. The number of Topliss-reactive ketones (excluding diaryl/α,β-unsaturated/α-hetero) is 1. The monoisotopic (exact) mass is 452 g/mol. The van der Waals surface area contributed by atoms with Gasteiger partial charge in [-0.2, -0.15) is 50.5 Å². The Hall–Kier alpha value is 0.710. The molecule has 0 aromatic carbocycles. The molecule has 0 rings (SSSR count). The minimum atomic E-state index is -0.620. The number of primary amides is 1. The number of thiol groups is 4. The Morgan fingerprint density at radius 1 is 0.880 bits per heavy atom. The molecule has 0 saturated carbocycles. The maximum Gasteiger partial charge on any atom is 0.221 e. The Morgan fingerprint density at radius 2 is 1.44 bits per heavy atom. The van der Waals surface area contributed by atoms with E-state index in [0.717, 1.165) is 24.3 Å². The zero-order chi connectivity index (χ0) is 19.1. The average molecular weight is 453 g/mol. The molecule has 152 valence electrons. The van der Waals surface area contributed by atoms with E-state index in [2.05, 4.69) is 50.5 Å². The van der Waals surface area contributed by atoms with Crippen molar-refractivity contribution in [1.82, 2.24) is 0 Å². The second-order valence-electron chi connectivity index (χ2n) is 5.55. The first-order valence-corrected chi connectivity index (χ1v) is 10.3. The van der Waals surface area contributed by atoms with E-state index < -0.39 is 17.9 Å². The van der Waals surface area contributed by atoms with Crippen LogP contribution in [-0.4, -0.2) is 53.3 Å². The predicted molar refractivity (Wildman–Crippen MR) is 123 cm³/mol. The minimum Gasteiger partial charge on any atom is -0.369 e. The molecule has 0 aliphatic heterocycles. The van der Waals surface area contributed by atoms with Gasteiger partial charge >= 0.3 is 0 Å². The Morgan fingerprint density at radius 3 is 1.76 bits per heavy atom. The van der Waals surface area contributed by atoms with Gasteiger partial charge < -0.3 is 22.9 Å². The summed E-state index contributed by atoms with van der Waals surface area (Å²) in [5, 5.41) is 0. The third-order valence-corrected chi connectivity index (χ3v) is 5.27. The topological polar surface area (TPSA) is 138 Å². The van der Waals surface area contributed by atoms with Gasteiger partial charge in [0.25, 0.3) is 0 Å². The van der Waals surface area contributed by atoms with Crippen molar-refractivity contribution >= 4 is 74.6 Å². The van der Waals surface area contributed by atoms with Crippen LogP contribution in [0.4, 0.5) is 0 Å². The van der Waals surface area contributed by atoms with Crippen LogP contribution in [0.1, 0.15) is 19.3 Å². The van der Waals surface area contributed by atoms with Gasteiger partial charge in [0.2, 0.25) is 5.91 Å². The SMILES string of the molecule is Cl.NC(=O)[C@@H](CS)CC(=O)[C@H](N)CS.NC[C@@H](CS)CC[C@H](N)CS. The molecule has 1 amide bonds. The van der Waals surface area contributed by atoms with Crippen LogP contribution in [0.5, 0.6) is 0 Å². The number of hydrogen-bond donors (Lipinski definition) is 8. The van der Waals surface area contributed by atoms with E-state index in [1.807, 2.05) is 0 Å². The first-order chi connectivity index (χ1) is 11.3. The van der Waals surface area contributed by atoms with Gasteiger partial charge in [0.15, 0.2) is 5.78 Å². The number of amides is 1. The quantitative estimate of drug-likeness (QED) is 0.200. The lowest BCUT2D eigenvalue weighted by Crippen LogP contribution is -2.36. The summed E-state index contributed by atoms with van der Waals surface area (Å²) in [5.41, 5.74) is 21.6. The first-order valence-electron chi connectivity index (χ1n) is 7.73. The molecular formula is C14H33ClN4O2S4. The largest absolute Gasteiger partial charge is 0.369 e. The van der Waals surface area contributed by atoms with Gasteiger partial charge in [-0.1, -0.05) is 0 Å². The number of nitrogens with two attached hydrogens (primary N) is 4. The zero-order valence-electron chi connectivity index (χ0n) is 14.3. The van der Waals surface area contributed by atoms with Crippen LogP contribution in [-0.2, 0) is 9.59 Å². The standard InChI is InChI=1S/C7H14N2O2S2.C7H18N2S2.ClH/c8-5(3-13)6(10)1-4(2-12)7(9)11;8-3-6(4-10)1-2-7(9)5-11;/h4-5,12-13H,1-3,8H2,(H2,9,11);6-7,10-11H,1-5,8-9H2;1H/t4-,5-;6-,7-;/m10./s1. The van der Waals surface area contributed by atoms with E-state index in [1.165, 1.54) is 0 Å². The fourth-order valence-electron chi connectivity index (χ4n) is 1.58. The molecule has 0 unspecified atom stereocenters. The Kier molecular flexibility index (Phi) is 23.7. The minimum absolute atomic E-state index is 0. The molecule has 8 N–H and O–H groups in total. The maximum atomic E-state index is 11.2. The molecule has 0 fully saturated rings. The third kappa shape index (κ3) is 16.6. The van der Waals surface area contributed by atoms with Crippen LogP contribution < -0.4 is 22.9 Å². The molecule has 0 radical (unpaired) electrons. The van der Waals surface area contributed by atoms with E-state index in [0.29, 0.717) is 12.5 Å². The van der Waals surface area contributed by atoms with Crippen LogP contribution >= 0.6 is 62.9 Å². The van der Waals surface area contributed by atoms with E-state index >= 15 is 0 Å². The Bertz CT molecular complexity index is 353. The van der Waals surface area contributed by atoms with Crippen molar-refractivity contribution in [3.05, 3.63) is 0 Å². The fourth-order valence-corrected chi connectivity index (χ4v) is 2.60. The van der Waals surface area contributed by atoms with Crippen molar-refractivity contribution in [3.8, 4) is 0 Å². The lowest BCUT2D eigenvalue weighted by atomic mass is 10.0. The molecule has 0 heterocycles. The first kappa shape index (κ1) is 30.4. The highest BCUT2D eigenvalue weighted by Gasteiger charge is 2.21. The smallest absolute Gasteiger partial charge is 0.221 e. The number of halogens is 1. The summed E-state index contributed by atoms with van der Waals surface area (Å²) >= 11 is 16.1. The lowest BCUT2D eigenvalue weighted by molar-refractivity contribution is -0.127. The van der Waals surface area contributed by atoms with Crippen LogP contribution in [0.15, 0.2) is 0 Å². The van der Waals surface area contributed by atoms with Crippen molar-refractivity contribution < 1.29 is 9.59 Å². The highest BCUT2D eigenvalue weighted by atomic mass is 35.5.